The van der Waals surface area contributed by atoms with Crippen molar-refractivity contribution in [1.29, 1.82) is 0 Å². The number of aromatic nitrogens is 4. The Morgan fingerprint density at radius 2 is 1.54 bits per heavy atom. The van der Waals surface area contributed by atoms with Gasteiger partial charge in [-0.3, -0.25) is 4.98 Å². The molecule has 24 heavy (non-hydrogen) atoms. The van der Waals surface area contributed by atoms with Crippen LogP contribution in [0.25, 0.3) is 22.8 Å². The molecule has 0 unspecified atom stereocenters. The summed E-state index contributed by atoms with van der Waals surface area (Å²) in [6, 6.07) is 9.14. The lowest BCUT2D eigenvalue weighted by Crippen LogP contribution is -1.98. The monoisotopic (exact) mass is 324 g/mol. The minimum atomic E-state index is 0.465. The van der Waals surface area contributed by atoms with E-state index in [4.69, 9.17) is 14.2 Å². The van der Waals surface area contributed by atoms with E-state index in [9.17, 15) is 0 Å². The molecule has 0 aliphatic heterocycles. The Hall–Kier alpha value is -3.22. The van der Waals surface area contributed by atoms with Gasteiger partial charge in [-0.15, -0.1) is 10.2 Å². The molecule has 2 aromatic heterocycles. The summed E-state index contributed by atoms with van der Waals surface area (Å²) in [6.07, 6.45) is 3.32. The number of ether oxygens (including phenoxy) is 3. The van der Waals surface area contributed by atoms with Gasteiger partial charge in [-0.25, -0.2) is 4.98 Å². The second kappa shape index (κ2) is 6.91. The quantitative estimate of drug-likeness (QED) is 0.713. The third-order valence-electron chi connectivity index (χ3n) is 3.42. The van der Waals surface area contributed by atoms with Crippen LogP contribution in [0.5, 0.6) is 17.2 Å². The van der Waals surface area contributed by atoms with Gasteiger partial charge in [0.2, 0.25) is 5.75 Å². The summed E-state index contributed by atoms with van der Waals surface area (Å²) in [5, 5.41) is 8.37. The maximum atomic E-state index is 5.35. The molecule has 7 heteroatoms. The van der Waals surface area contributed by atoms with Crippen LogP contribution >= 0.6 is 0 Å². The van der Waals surface area contributed by atoms with Crippen molar-refractivity contribution >= 4 is 0 Å². The highest BCUT2D eigenvalue weighted by molar-refractivity contribution is 5.68. The Morgan fingerprint density at radius 3 is 2.04 bits per heavy atom. The number of benzene rings is 1. The summed E-state index contributed by atoms with van der Waals surface area (Å²) in [5.74, 6) is 2.08. The molecule has 0 bridgehead atoms. The SMILES string of the molecule is COc1cc(-c2cnc(-c3ccccn3)nn2)cc(OC)c1OC. The topological polar surface area (TPSA) is 79.3 Å². The number of methoxy groups -OCH3 is 3. The normalized spacial score (nSPS) is 10.3. The van der Waals surface area contributed by atoms with Crippen LogP contribution in [-0.4, -0.2) is 41.5 Å². The molecule has 0 saturated carbocycles. The van der Waals surface area contributed by atoms with Gasteiger partial charge >= 0.3 is 0 Å². The molecule has 0 fully saturated rings. The zero-order valence-electron chi connectivity index (χ0n) is 13.6. The fraction of sp³-hybridized carbons (Fsp3) is 0.176. The third kappa shape index (κ3) is 2.96. The van der Waals surface area contributed by atoms with Gasteiger partial charge < -0.3 is 14.2 Å². The van der Waals surface area contributed by atoms with Gasteiger partial charge in [0, 0.05) is 11.8 Å². The molecule has 0 aliphatic rings. The minimum Gasteiger partial charge on any atom is -0.493 e. The molecule has 3 aromatic rings. The van der Waals surface area contributed by atoms with Gasteiger partial charge in [0.1, 0.15) is 11.4 Å². The molecule has 0 spiro atoms. The Kier molecular flexibility index (Phi) is 4.51. The van der Waals surface area contributed by atoms with Crippen molar-refractivity contribution in [2.45, 2.75) is 0 Å². The number of hydrogen-bond acceptors (Lipinski definition) is 7. The highest BCUT2D eigenvalue weighted by Crippen LogP contribution is 2.40. The molecule has 0 N–H and O–H groups in total. The van der Waals surface area contributed by atoms with E-state index in [0.29, 0.717) is 34.5 Å². The summed E-state index contributed by atoms with van der Waals surface area (Å²) < 4.78 is 16.0. The van der Waals surface area contributed by atoms with Gasteiger partial charge in [-0.1, -0.05) is 6.07 Å². The number of hydrogen-bond donors (Lipinski definition) is 0. The summed E-state index contributed by atoms with van der Waals surface area (Å²) in [6.45, 7) is 0. The van der Waals surface area contributed by atoms with Crippen molar-refractivity contribution in [2.24, 2.45) is 0 Å². The second-order valence-corrected chi connectivity index (χ2v) is 4.80. The van der Waals surface area contributed by atoms with E-state index in [-0.39, 0.29) is 0 Å². The van der Waals surface area contributed by atoms with Crippen LogP contribution in [0, 0.1) is 0 Å². The second-order valence-electron chi connectivity index (χ2n) is 4.80. The summed E-state index contributed by atoms with van der Waals surface area (Å²) in [4.78, 5) is 8.54. The molecule has 2 heterocycles. The van der Waals surface area contributed by atoms with Gasteiger partial charge in [-0.05, 0) is 24.3 Å². The predicted molar refractivity (Wildman–Crippen MR) is 88.2 cm³/mol. The summed E-state index contributed by atoms with van der Waals surface area (Å²) in [5.41, 5.74) is 2.02. The average molecular weight is 324 g/mol. The Balaban J connectivity index is 2.00. The number of nitrogens with zero attached hydrogens (tertiary/aromatic N) is 4. The lowest BCUT2D eigenvalue weighted by molar-refractivity contribution is 0.324. The lowest BCUT2D eigenvalue weighted by Gasteiger charge is -2.13. The first-order chi connectivity index (χ1) is 11.8. The molecular weight excluding hydrogens is 308 g/mol. The van der Waals surface area contributed by atoms with E-state index in [1.54, 1.807) is 45.9 Å². The van der Waals surface area contributed by atoms with Crippen LogP contribution < -0.4 is 14.2 Å². The number of pyridine rings is 1. The standard InChI is InChI=1S/C17H16N4O3/c1-22-14-8-11(9-15(23-2)16(14)24-3)13-10-19-17(21-20-13)12-6-4-5-7-18-12/h4-10H,1-3H3. The highest BCUT2D eigenvalue weighted by Gasteiger charge is 2.15. The Labute approximate surface area is 139 Å². The van der Waals surface area contributed by atoms with E-state index in [2.05, 4.69) is 20.2 Å². The van der Waals surface area contributed by atoms with Crippen LogP contribution in [0.4, 0.5) is 0 Å². The fourth-order valence-corrected chi connectivity index (χ4v) is 2.25. The molecule has 0 amide bonds. The van der Waals surface area contributed by atoms with Crippen LogP contribution in [0.3, 0.4) is 0 Å². The number of rotatable bonds is 5. The van der Waals surface area contributed by atoms with Crippen molar-refractivity contribution in [3.63, 3.8) is 0 Å². The summed E-state index contributed by atoms with van der Waals surface area (Å²) in [7, 11) is 4.69. The van der Waals surface area contributed by atoms with Crippen LogP contribution in [0.1, 0.15) is 0 Å². The van der Waals surface area contributed by atoms with E-state index < -0.39 is 0 Å². The van der Waals surface area contributed by atoms with Gasteiger partial charge in [0.05, 0.1) is 27.5 Å². The molecule has 7 nitrogen and oxygen atoms in total. The first-order valence-corrected chi connectivity index (χ1v) is 7.18. The van der Waals surface area contributed by atoms with Gasteiger partial charge in [-0.2, -0.15) is 0 Å². The first-order valence-electron chi connectivity index (χ1n) is 7.18. The van der Waals surface area contributed by atoms with Crippen molar-refractivity contribution in [1.82, 2.24) is 20.2 Å². The first kappa shape index (κ1) is 15.7. The highest BCUT2D eigenvalue weighted by atomic mass is 16.5. The lowest BCUT2D eigenvalue weighted by atomic mass is 10.1. The van der Waals surface area contributed by atoms with Gasteiger partial charge in [0.15, 0.2) is 17.3 Å². The maximum absolute atomic E-state index is 5.35. The molecule has 3 rings (SSSR count). The van der Waals surface area contributed by atoms with Crippen molar-refractivity contribution in [3.8, 4) is 40.0 Å². The van der Waals surface area contributed by atoms with Crippen LogP contribution in [0.15, 0.2) is 42.7 Å². The predicted octanol–water partition coefficient (Wildman–Crippen LogP) is 2.63. The molecule has 122 valence electrons. The maximum Gasteiger partial charge on any atom is 0.203 e. The van der Waals surface area contributed by atoms with Crippen LogP contribution in [0.2, 0.25) is 0 Å². The zero-order valence-corrected chi connectivity index (χ0v) is 13.6. The smallest absolute Gasteiger partial charge is 0.203 e. The minimum absolute atomic E-state index is 0.465. The van der Waals surface area contributed by atoms with Crippen molar-refractivity contribution < 1.29 is 14.2 Å². The Morgan fingerprint density at radius 1 is 0.792 bits per heavy atom. The van der Waals surface area contributed by atoms with Gasteiger partial charge in [0.25, 0.3) is 0 Å². The van der Waals surface area contributed by atoms with Crippen molar-refractivity contribution in [3.05, 3.63) is 42.7 Å². The van der Waals surface area contributed by atoms with Crippen molar-refractivity contribution in [2.75, 3.05) is 21.3 Å². The molecule has 0 atom stereocenters. The van der Waals surface area contributed by atoms with E-state index in [1.807, 2.05) is 18.2 Å². The third-order valence-corrected chi connectivity index (χ3v) is 3.42. The van der Waals surface area contributed by atoms with Crippen LogP contribution in [-0.2, 0) is 0 Å². The molecule has 0 radical (unpaired) electrons. The molecule has 1 aromatic carbocycles. The Bertz CT molecular complexity index is 798. The van der Waals surface area contributed by atoms with E-state index in [1.165, 1.54) is 0 Å². The van der Waals surface area contributed by atoms with E-state index in [0.717, 1.165) is 5.56 Å². The molecule has 0 aliphatic carbocycles. The average Bonchev–Trinajstić information content (AvgIpc) is 2.67. The molecular formula is C17H16N4O3. The zero-order chi connectivity index (χ0) is 16.9. The largest absolute Gasteiger partial charge is 0.493 e. The fourth-order valence-electron chi connectivity index (χ4n) is 2.25. The molecule has 0 saturated heterocycles. The summed E-state index contributed by atoms with van der Waals surface area (Å²) >= 11 is 0. The van der Waals surface area contributed by atoms with E-state index >= 15 is 0 Å².